The van der Waals surface area contributed by atoms with Gasteiger partial charge >= 0.3 is 0 Å². The van der Waals surface area contributed by atoms with Gasteiger partial charge in [-0.2, -0.15) is 0 Å². The fraction of sp³-hybridized carbons (Fsp3) is 0.0417. The van der Waals surface area contributed by atoms with E-state index in [0.29, 0.717) is 16.4 Å². The predicted octanol–water partition coefficient (Wildman–Crippen LogP) is 5.88. The van der Waals surface area contributed by atoms with Crippen LogP contribution in [0.15, 0.2) is 84.9 Å². The zero-order valence-corrected chi connectivity index (χ0v) is 16.6. The Morgan fingerprint density at radius 2 is 1.59 bits per heavy atom. The van der Waals surface area contributed by atoms with Crippen molar-refractivity contribution < 1.29 is 9.59 Å². The summed E-state index contributed by atoms with van der Waals surface area (Å²) < 4.78 is 1.01. The second-order valence-electron chi connectivity index (χ2n) is 6.48. The Kier molecular flexibility index (Phi) is 5.31. The second-order valence-corrected chi connectivity index (χ2v) is 7.49. The van der Waals surface area contributed by atoms with Gasteiger partial charge in [0.1, 0.15) is 0 Å². The van der Waals surface area contributed by atoms with Crippen LogP contribution in [0, 0.1) is 0 Å². The molecule has 0 bridgehead atoms. The number of carbonyl (C=O) groups excluding carboxylic acids is 2. The lowest BCUT2D eigenvalue weighted by atomic mass is 10.1. The molecule has 142 valence electrons. The Morgan fingerprint density at radius 3 is 2.28 bits per heavy atom. The van der Waals surface area contributed by atoms with E-state index in [-0.39, 0.29) is 11.7 Å². The number of hydrogen-bond acceptors (Lipinski definition) is 4. The molecule has 1 heterocycles. The highest BCUT2D eigenvalue weighted by Gasteiger charge is 2.20. The van der Waals surface area contributed by atoms with Crippen LogP contribution in [0.2, 0.25) is 0 Å². The summed E-state index contributed by atoms with van der Waals surface area (Å²) in [6, 6.07) is 24.5. The van der Waals surface area contributed by atoms with Crippen molar-refractivity contribution in [3.63, 3.8) is 0 Å². The van der Waals surface area contributed by atoms with Gasteiger partial charge < -0.3 is 0 Å². The molecule has 0 spiro atoms. The maximum atomic E-state index is 13.2. The first-order valence-electron chi connectivity index (χ1n) is 9.15. The number of Topliss-reactive ketones (excluding diaryl/α,β-unsaturated/α-hetero) is 1. The first-order valence-corrected chi connectivity index (χ1v) is 9.97. The van der Waals surface area contributed by atoms with Crippen molar-refractivity contribution in [2.45, 2.75) is 6.92 Å². The largest absolute Gasteiger partial charge is 0.295 e. The maximum absolute atomic E-state index is 13.2. The van der Waals surface area contributed by atoms with E-state index in [2.05, 4.69) is 4.98 Å². The Balaban J connectivity index is 1.74. The number of nitrogens with zero attached hydrogens (tertiary/aromatic N) is 2. The molecular weight excluding hydrogens is 380 g/mol. The summed E-state index contributed by atoms with van der Waals surface area (Å²) in [4.78, 5) is 31.0. The Labute approximate surface area is 172 Å². The molecule has 0 aliphatic heterocycles. The molecule has 0 aliphatic carbocycles. The van der Waals surface area contributed by atoms with E-state index in [9.17, 15) is 9.59 Å². The molecular formula is C24H18N2O2S. The molecule has 0 saturated heterocycles. The lowest BCUT2D eigenvalue weighted by Gasteiger charge is -2.18. The summed E-state index contributed by atoms with van der Waals surface area (Å²) in [5, 5.41) is 0.587. The van der Waals surface area contributed by atoms with Crippen LogP contribution in [0.4, 0.5) is 10.8 Å². The number of aromatic nitrogens is 1. The maximum Gasteiger partial charge on any atom is 0.257 e. The van der Waals surface area contributed by atoms with E-state index in [4.69, 9.17) is 0 Å². The summed E-state index contributed by atoms with van der Waals surface area (Å²) in [6.07, 6.45) is 3.33. The highest BCUT2D eigenvalue weighted by Crippen LogP contribution is 2.34. The molecule has 4 aromatic rings. The Morgan fingerprint density at radius 1 is 0.897 bits per heavy atom. The monoisotopic (exact) mass is 398 g/mol. The number of anilines is 2. The number of para-hydroxylation sites is 1. The normalized spacial score (nSPS) is 11.1. The molecule has 0 atom stereocenters. The summed E-state index contributed by atoms with van der Waals surface area (Å²) in [6.45, 7) is 1.52. The molecule has 0 N–H and O–H groups in total. The molecule has 0 fully saturated rings. The van der Waals surface area contributed by atoms with Gasteiger partial charge in [0.2, 0.25) is 0 Å². The number of carbonyl (C=O) groups is 2. The Bertz CT molecular complexity index is 1160. The van der Waals surface area contributed by atoms with Crippen LogP contribution in [-0.4, -0.2) is 16.7 Å². The summed E-state index contributed by atoms with van der Waals surface area (Å²) in [5.74, 6) is -0.220. The van der Waals surface area contributed by atoms with Crippen molar-refractivity contribution in [1.82, 2.24) is 4.98 Å². The topological polar surface area (TPSA) is 50.3 Å². The zero-order chi connectivity index (χ0) is 20.2. The lowest BCUT2D eigenvalue weighted by molar-refractivity contribution is -0.113. The number of thiazole rings is 1. The molecule has 1 aromatic heterocycles. The van der Waals surface area contributed by atoms with Crippen LogP contribution < -0.4 is 4.90 Å². The fourth-order valence-electron chi connectivity index (χ4n) is 2.94. The van der Waals surface area contributed by atoms with Crippen LogP contribution in [0.25, 0.3) is 16.3 Å². The second kappa shape index (κ2) is 8.20. The standard InChI is InChI=1S/C24H18N2O2S/c1-17(27)19-12-14-20(15-13-19)26(23(28)16-11-18-7-3-2-4-8-18)24-25-21-9-5-6-10-22(21)29-24/h2-16H,1H3/b16-11+. The highest BCUT2D eigenvalue weighted by molar-refractivity contribution is 7.22. The summed E-state index contributed by atoms with van der Waals surface area (Å²) >= 11 is 1.45. The van der Waals surface area contributed by atoms with Gasteiger partial charge in [-0.3, -0.25) is 14.5 Å². The minimum Gasteiger partial charge on any atom is -0.295 e. The van der Waals surface area contributed by atoms with Crippen LogP contribution >= 0.6 is 11.3 Å². The average Bonchev–Trinajstić information content (AvgIpc) is 3.17. The van der Waals surface area contributed by atoms with Gasteiger partial charge in [0, 0.05) is 11.6 Å². The number of fused-ring (bicyclic) bond motifs is 1. The molecule has 0 radical (unpaired) electrons. The first kappa shape index (κ1) is 18.8. The molecule has 0 unspecified atom stereocenters. The molecule has 4 rings (SSSR count). The van der Waals surface area contributed by atoms with Gasteiger partial charge in [-0.05, 0) is 55.0 Å². The Hall–Kier alpha value is -3.57. The minimum absolute atomic E-state index is 0.0154. The average molecular weight is 398 g/mol. The first-order chi connectivity index (χ1) is 14.1. The van der Waals surface area contributed by atoms with E-state index < -0.39 is 0 Å². The van der Waals surface area contributed by atoms with E-state index in [0.717, 1.165) is 15.8 Å². The third kappa shape index (κ3) is 4.15. The van der Waals surface area contributed by atoms with Crippen LogP contribution in [0.1, 0.15) is 22.8 Å². The number of hydrogen-bond donors (Lipinski definition) is 0. The molecule has 29 heavy (non-hydrogen) atoms. The van der Waals surface area contributed by atoms with Crippen LogP contribution in [-0.2, 0) is 4.79 Å². The van der Waals surface area contributed by atoms with Gasteiger partial charge in [-0.15, -0.1) is 0 Å². The van der Waals surface area contributed by atoms with Crippen molar-refractivity contribution in [3.05, 3.63) is 96.1 Å². The van der Waals surface area contributed by atoms with Crippen molar-refractivity contribution in [2.24, 2.45) is 0 Å². The third-order valence-corrected chi connectivity index (χ3v) is 5.47. The van der Waals surface area contributed by atoms with Gasteiger partial charge in [-0.25, -0.2) is 4.98 Å². The molecule has 3 aromatic carbocycles. The van der Waals surface area contributed by atoms with Crippen molar-refractivity contribution >= 4 is 50.1 Å². The van der Waals surface area contributed by atoms with Gasteiger partial charge in [0.15, 0.2) is 10.9 Å². The number of ketones is 1. The SMILES string of the molecule is CC(=O)c1ccc(N(C(=O)/C=C/c2ccccc2)c2nc3ccccc3s2)cc1. The lowest BCUT2D eigenvalue weighted by Crippen LogP contribution is -2.23. The van der Waals surface area contributed by atoms with E-state index in [1.54, 1.807) is 41.3 Å². The smallest absolute Gasteiger partial charge is 0.257 e. The van der Waals surface area contributed by atoms with Gasteiger partial charge in [0.05, 0.1) is 15.9 Å². The number of rotatable bonds is 5. The number of benzene rings is 3. The van der Waals surface area contributed by atoms with Gasteiger partial charge in [-0.1, -0.05) is 53.8 Å². The zero-order valence-electron chi connectivity index (χ0n) is 15.8. The van der Waals surface area contributed by atoms with Crippen LogP contribution in [0.3, 0.4) is 0 Å². The molecule has 1 amide bonds. The number of amides is 1. The van der Waals surface area contributed by atoms with Gasteiger partial charge in [0.25, 0.3) is 5.91 Å². The molecule has 4 nitrogen and oxygen atoms in total. The van der Waals surface area contributed by atoms with E-state index in [1.165, 1.54) is 18.3 Å². The van der Waals surface area contributed by atoms with Crippen LogP contribution in [0.5, 0.6) is 0 Å². The van der Waals surface area contributed by atoms with Crippen molar-refractivity contribution in [1.29, 1.82) is 0 Å². The molecule has 5 heteroatoms. The van der Waals surface area contributed by atoms with E-state index >= 15 is 0 Å². The highest BCUT2D eigenvalue weighted by atomic mass is 32.1. The summed E-state index contributed by atoms with van der Waals surface area (Å²) in [7, 11) is 0. The molecule has 0 aliphatic rings. The van der Waals surface area contributed by atoms with Crippen molar-refractivity contribution in [2.75, 3.05) is 4.90 Å². The third-order valence-electron chi connectivity index (χ3n) is 4.44. The predicted molar refractivity (Wildman–Crippen MR) is 119 cm³/mol. The summed E-state index contributed by atoms with van der Waals surface area (Å²) in [5.41, 5.74) is 3.05. The van der Waals surface area contributed by atoms with Crippen molar-refractivity contribution in [3.8, 4) is 0 Å². The minimum atomic E-state index is -0.205. The van der Waals surface area contributed by atoms with E-state index in [1.807, 2.05) is 54.6 Å². The molecule has 0 saturated carbocycles. The quantitative estimate of drug-likeness (QED) is 0.312. The fourth-order valence-corrected chi connectivity index (χ4v) is 3.93.